The second-order valence-corrected chi connectivity index (χ2v) is 4.79. The van der Waals surface area contributed by atoms with E-state index >= 15 is 0 Å². The SMILES string of the molecule is Br.CCCN(C)C1CCc2c(O)cccc2C1. The molecule has 0 bridgehead atoms. The van der Waals surface area contributed by atoms with Crippen LogP contribution in [0.15, 0.2) is 18.2 Å². The molecule has 0 saturated heterocycles. The molecule has 3 heteroatoms. The van der Waals surface area contributed by atoms with Crippen LogP contribution in [0, 0.1) is 0 Å². The smallest absolute Gasteiger partial charge is 0.119 e. The number of benzene rings is 1. The number of phenols is 1. The van der Waals surface area contributed by atoms with Crippen molar-refractivity contribution in [2.45, 2.75) is 38.6 Å². The lowest BCUT2D eigenvalue weighted by Crippen LogP contribution is -2.36. The lowest BCUT2D eigenvalue weighted by molar-refractivity contribution is 0.221. The number of nitrogens with zero attached hydrogens (tertiary/aromatic N) is 1. The molecule has 1 atom stereocenters. The van der Waals surface area contributed by atoms with Crippen molar-refractivity contribution in [3.63, 3.8) is 0 Å². The monoisotopic (exact) mass is 299 g/mol. The van der Waals surface area contributed by atoms with Gasteiger partial charge in [0.25, 0.3) is 0 Å². The summed E-state index contributed by atoms with van der Waals surface area (Å²) in [6, 6.07) is 6.56. The van der Waals surface area contributed by atoms with Crippen molar-refractivity contribution in [3.8, 4) is 5.75 Å². The Labute approximate surface area is 114 Å². The van der Waals surface area contributed by atoms with Crippen molar-refractivity contribution in [3.05, 3.63) is 29.3 Å². The first-order valence-corrected chi connectivity index (χ1v) is 6.22. The molecular weight excluding hydrogens is 278 g/mol. The Balaban J connectivity index is 0.00000144. The van der Waals surface area contributed by atoms with E-state index in [0.29, 0.717) is 11.8 Å². The van der Waals surface area contributed by atoms with Crippen LogP contribution in [-0.4, -0.2) is 29.6 Å². The van der Waals surface area contributed by atoms with Crippen molar-refractivity contribution in [1.29, 1.82) is 0 Å². The van der Waals surface area contributed by atoms with E-state index in [1.165, 1.54) is 30.5 Å². The molecule has 0 amide bonds. The molecule has 1 aromatic carbocycles. The molecule has 0 spiro atoms. The fourth-order valence-corrected chi connectivity index (χ4v) is 2.68. The van der Waals surface area contributed by atoms with E-state index in [0.717, 1.165) is 12.8 Å². The second-order valence-electron chi connectivity index (χ2n) is 4.79. The highest BCUT2D eigenvalue weighted by Crippen LogP contribution is 2.30. The van der Waals surface area contributed by atoms with E-state index in [4.69, 9.17) is 0 Å². The van der Waals surface area contributed by atoms with Gasteiger partial charge in [-0.3, -0.25) is 0 Å². The van der Waals surface area contributed by atoms with Crippen LogP contribution in [0.4, 0.5) is 0 Å². The maximum Gasteiger partial charge on any atom is 0.119 e. The maximum absolute atomic E-state index is 9.77. The third kappa shape index (κ3) is 3.23. The summed E-state index contributed by atoms with van der Waals surface area (Å²) >= 11 is 0. The normalized spacial score (nSPS) is 18.6. The minimum absolute atomic E-state index is 0. The Kier molecular flexibility index (Phi) is 5.47. The molecule has 1 aliphatic carbocycles. The van der Waals surface area contributed by atoms with Gasteiger partial charge in [-0.05, 0) is 56.5 Å². The van der Waals surface area contributed by atoms with Gasteiger partial charge in [0, 0.05) is 6.04 Å². The molecule has 0 fully saturated rings. The van der Waals surface area contributed by atoms with E-state index in [1.807, 2.05) is 6.07 Å². The van der Waals surface area contributed by atoms with E-state index in [2.05, 4.69) is 24.9 Å². The molecular formula is C14H22BrNO. The van der Waals surface area contributed by atoms with Crippen LogP contribution < -0.4 is 0 Å². The lowest BCUT2D eigenvalue weighted by Gasteiger charge is -2.32. The van der Waals surface area contributed by atoms with Gasteiger partial charge in [-0.1, -0.05) is 19.1 Å². The fourth-order valence-electron chi connectivity index (χ4n) is 2.68. The highest BCUT2D eigenvalue weighted by Gasteiger charge is 2.22. The van der Waals surface area contributed by atoms with Crippen LogP contribution in [0.3, 0.4) is 0 Å². The zero-order chi connectivity index (χ0) is 11.5. The van der Waals surface area contributed by atoms with E-state index in [-0.39, 0.29) is 17.0 Å². The van der Waals surface area contributed by atoms with Gasteiger partial charge in [-0.2, -0.15) is 0 Å². The maximum atomic E-state index is 9.77. The van der Waals surface area contributed by atoms with Gasteiger partial charge in [-0.25, -0.2) is 0 Å². The Morgan fingerprint density at radius 3 is 2.88 bits per heavy atom. The summed E-state index contributed by atoms with van der Waals surface area (Å²) < 4.78 is 0. The molecule has 0 aromatic heterocycles. The Morgan fingerprint density at radius 1 is 1.41 bits per heavy atom. The predicted octanol–water partition coefficient (Wildman–Crippen LogP) is 3.17. The average Bonchev–Trinajstić information content (AvgIpc) is 2.29. The van der Waals surface area contributed by atoms with Gasteiger partial charge in [0.05, 0.1) is 0 Å². The minimum atomic E-state index is 0. The first-order chi connectivity index (χ1) is 7.72. The summed E-state index contributed by atoms with van der Waals surface area (Å²) in [5.41, 5.74) is 2.50. The zero-order valence-electron chi connectivity index (χ0n) is 10.6. The number of likely N-dealkylation sites (N-methyl/N-ethyl adjacent to an activating group) is 1. The molecule has 0 aliphatic heterocycles. The first-order valence-electron chi connectivity index (χ1n) is 6.22. The molecule has 0 heterocycles. The molecule has 1 N–H and O–H groups in total. The van der Waals surface area contributed by atoms with Gasteiger partial charge in [0.15, 0.2) is 0 Å². The molecule has 1 unspecified atom stereocenters. The molecule has 2 rings (SSSR count). The van der Waals surface area contributed by atoms with Crippen molar-refractivity contribution in [2.24, 2.45) is 0 Å². The van der Waals surface area contributed by atoms with Crippen molar-refractivity contribution in [1.82, 2.24) is 4.90 Å². The van der Waals surface area contributed by atoms with Crippen molar-refractivity contribution >= 4 is 17.0 Å². The molecule has 1 aliphatic rings. The van der Waals surface area contributed by atoms with Gasteiger partial charge in [0.2, 0.25) is 0 Å². The largest absolute Gasteiger partial charge is 0.508 e. The minimum Gasteiger partial charge on any atom is -0.508 e. The summed E-state index contributed by atoms with van der Waals surface area (Å²) in [5.74, 6) is 0.481. The Hall–Kier alpha value is -0.540. The molecule has 0 saturated carbocycles. The van der Waals surface area contributed by atoms with Crippen molar-refractivity contribution in [2.75, 3.05) is 13.6 Å². The number of phenolic OH excluding ortho intramolecular Hbond substituents is 1. The van der Waals surface area contributed by atoms with E-state index in [1.54, 1.807) is 6.07 Å². The number of hydrogen-bond acceptors (Lipinski definition) is 2. The Bertz CT molecular complexity index is 367. The highest BCUT2D eigenvalue weighted by atomic mass is 79.9. The van der Waals surface area contributed by atoms with Crippen LogP contribution in [0.1, 0.15) is 30.9 Å². The third-order valence-corrected chi connectivity index (χ3v) is 3.63. The van der Waals surface area contributed by atoms with Crippen LogP contribution in [0.5, 0.6) is 5.75 Å². The molecule has 0 radical (unpaired) electrons. The predicted molar refractivity (Wildman–Crippen MR) is 77.2 cm³/mol. The standard InChI is InChI=1S/C14H21NO.BrH/c1-3-9-15(2)12-7-8-13-11(10-12)5-4-6-14(13)16;/h4-6,12,16H,3,7-10H2,1-2H3;1H. The zero-order valence-corrected chi connectivity index (χ0v) is 12.4. The quantitative estimate of drug-likeness (QED) is 0.927. The van der Waals surface area contributed by atoms with Crippen LogP contribution in [0.2, 0.25) is 0 Å². The van der Waals surface area contributed by atoms with Crippen molar-refractivity contribution < 1.29 is 5.11 Å². The first kappa shape index (κ1) is 14.5. The van der Waals surface area contributed by atoms with E-state index < -0.39 is 0 Å². The second kappa shape index (κ2) is 6.41. The summed E-state index contributed by atoms with van der Waals surface area (Å²) in [5, 5.41) is 9.77. The topological polar surface area (TPSA) is 23.5 Å². The lowest BCUT2D eigenvalue weighted by atomic mass is 9.87. The summed E-state index contributed by atoms with van der Waals surface area (Å²) in [4.78, 5) is 2.45. The number of aromatic hydroxyl groups is 1. The fraction of sp³-hybridized carbons (Fsp3) is 0.571. The molecule has 1 aromatic rings. The third-order valence-electron chi connectivity index (χ3n) is 3.63. The highest BCUT2D eigenvalue weighted by molar-refractivity contribution is 8.93. The van der Waals surface area contributed by atoms with Crippen LogP contribution in [-0.2, 0) is 12.8 Å². The average molecular weight is 300 g/mol. The van der Waals surface area contributed by atoms with Crippen LogP contribution >= 0.6 is 17.0 Å². The molecule has 96 valence electrons. The summed E-state index contributed by atoms with van der Waals surface area (Å²) in [7, 11) is 2.21. The summed E-state index contributed by atoms with van der Waals surface area (Å²) in [6.07, 6.45) is 4.47. The molecule has 17 heavy (non-hydrogen) atoms. The van der Waals surface area contributed by atoms with Crippen LogP contribution in [0.25, 0.3) is 0 Å². The number of hydrogen-bond donors (Lipinski definition) is 1. The van der Waals surface area contributed by atoms with Gasteiger partial charge in [0.1, 0.15) is 5.75 Å². The van der Waals surface area contributed by atoms with E-state index in [9.17, 15) is 5.11 Å². The number of fused-ring (bicyclic) bond motifs is 1. The van der Waals surface area contributed by atoms with Gasteiger partial charge >= 0.3 is 0 Å². The Morgan fingerprint density at radius 2 is 2.18 bits per heavy atom. The number of rotatable bonds is 3. The number of halogens is 1. The molecule has 2 nitrogen and oxygen atoms in total. The van der Waals surface area contributed by atoms with Gasteiger partial charge in [-0.15, -0.1) is 17.0 Å². The van der Waals surface area contributed by atoms with Gasteiger partial charge < -0.3 is 10.0 Å². The summed E-state index contributed by atoms with van der Waals surface area (Å²) in [6.45, 7) is 3.39.